The third kappa shape index (κ3) is 7.94. The molecule has 0 aromatic rings. The molecule has 0 aromatic carbocycles. The Hall–Kier alpha value is -0.0800. The van der Waals surface area contributed by atoms with E-state index in [1.807, 2.05) is 0 Å². The molecule has 2 heteroatoms. The van der Waals surface area contributed by atoms with Gasteiger partial charge in [-0.3, -0.25) is 0 Å². The van der Waals surface area contributed by atoms with Crippen molar-refractivity contribution in [3.8, 4) is 0 Å². The molecule has 0 bridgehead atoms. The van der Waals surface area contributed by atoms with E-state index in [0.29, 0.717) is 11.5 Å². The Balaban J connectivity index is 4.50. The highest BCUT2D eigenvalue weighted by Gasteiger charge is 2.26. The van der Waals surface area contributed by atoms with Gasteiger partial charge in [-0.1, -0.05) is 61.3 Å². The summed E-state index contributed by atoms with van der Waals surface area (Å²) < 4.78 is 0. The second kappa shape index (κ2) is 9.77. The number of likely N-dealkylation sites (N-methyl/N-ethyl adjacent to an activating group) is 1. The summed E-state index contributed by atoms with van der Waals surface area (Å²) >= 11 is 0. The van der Waals surface area contributed by atoms with Gasteiger partial charge in [-0.15, -0.1) is 0 Å². The van der Waals surface area contributed by atoms with Crippen LogP contribution in [-0.4, -0.2) is 37.1 Å². The molecule has 0 saturated carbocycles. The van der Waals surface area contributed by atoms with Crippen molar-refractivity contribution < 1.29 is 0 Å². The van der Waals surface area contributed by atoms with Crippen molar-refractivity contribution in [2.24, 2.45) is 11.3 Å². The minimum Gasteiger partial charge on any atom is -0.312 e. The van der Waals surface area contributed by atoms with Gasteiger partial charge in [0.1, 0.15) is 0 Å². The quantitative estimate of drug-likeness (QED) is 0.641. The van der Waals surface area contributed by atoms with E-state index in [4.69, 9.17) is 0 Å². The van der Waals surface area contributed by atoms with Crippen LogP contribution in [0.25, 0.3) is 0 Å². The summed E-state index contributed by atoms with van der Waals surface area (Å²) in [5, 5.41) is 3.74. The van der Waals surface area contributed by atoms with E-state index in [9.17, 15) is 0 Å². The molecule has 0 saturated heterocycles. The molecule has 2 nitrogen and oxygen atoms in total. The lowest BCUT2D eigenvalue weighted by atomic mass is 9.86. The van der Waals surface area contributed by atoms with Crippen LogP contribution in [0.5, 0.6) is 0 Å². The zero-order valence-electron chi connectivity index (χ0n) is 14.6. The van der Waals surface area contributed by atoms with Crippen LogP contribution in [0.1, 0.15) is 67.7 Å². The van der Waals surface area contributed by atoms with Crippen molar-refractivity contribution in [1.29, 1.82) is 0 Å². The molecule has 1 atom stereocenters. The highest BCUT2D eigenvalue weighted by Crippen LogP contribution is 2.21. The Bertz CT molecular complexity index is 204. The Morgan fingerprint density at radius 3 is 1.89 bits per heavy atom. The molecule has 0 aliphatic rings. The first-order valence-corrected chi connectivity index (χ1v) is 8.34. The van der Waals surface area contributed by atoms with E-state index in [1.165, 1.54) is 32.4 Å². The van der Waals surface area contributed by atoms with E-state index in [-0.39, 0.29) is 0 Å². The molecule has 0 amide bonds. The molecule has 1 unspecified atom stereocenters. The first-order valence-electron chi connectivity index (χ1n) is 8.34. The standard InChI is InChI=1S/C17H38N2/c1-8-12-18-16(17(5,6)7)14-19(11-4)13-15(9-2)10-3/h15-16,18H,8-14H2,1-7H3. The SMILES string of the molecule is CCCNC(CN(CC)CC(CC)CC)C(C)(C)C. The Kier molecular flexibility index (Phi) is 9.72. The van der Waals surface area contributed by atoms with Crippen LogP contribution in [0, 0.1) is 11.3 Å². The van der Waals surface area contributed by atoms with Crippen LogP contribution >= 0.6 is 0 Å². The summed E-state index contributed by atoms with van der Waals surface area (Å²) in [6.07, 6.45) is 3.82. The van der Waals surface area contributed by atoms with E-state index in [2.05, 4.69) is 58.7 Å². The third-order valence-corrected chi connectivity index (χ3v) is 4.25. The molecule has 0 aliphatic heterocycles. The lowest BCUT2D eigenvalue weighted by Gasteiger charge is -2.37. The molecule has 0 aliphatic carbocycles. The van der Waals surface area contributed by atoms with Crippen LogP contribution in [-0.2, 0) is 0 Å². The number of nitrogens with one attached hydrogen (secondary N) is 1. The molecule has 0 spiro atoms. The van der Waals surface area contributed by atoms with Gasteiger partial charge in [0.15, 0.2) is 0 Å². The van der Waals surface area contributed by atoms with Gasteiger partial charge in [-0.05, 0) is 30.8 Å². The summed E-state index contributed by atoms with van der Waals surface area (Å²) in [5.41, 5.74) is 0.330. The average molecular weight is 271 g/mol. The fourth-order valence-electron chi connectivity index (χ4n) is 2.47. The lowest BCUT2D eigenvalue weighted by Crippen LogP contribution is -2.49. The highest BCUT2D eigenvalue weighted by atomic mass is 15.1. The van der Waals surface area contributed by atoms with Crippen LogP contribution in [0.15, 0.2) is 0 Å². The number of hydrogen-bond donors (Lipinski definition) is 1. The maximum Gasteiger partial charge on any atom is 0.0243 e. The molecule has 0 heterocycles. The second-order valence-corrected chi connectivity index (χ2v) is 6.91. The highest BCUT2D eigenvalue weighted by molar-refractivity contribution is 4.83. The molecular formula is C17H38N2. The van der Waals surface area contributed by atoms with Crippen molar-refractivity contribution >= 4 is 0 Å². The number of nitrogens with zero attached hydrogens (tertiary/aromatic N) is 1. The van der Waals surface area contributed by atoms with Gasteiger partial charge in [-0.25, -0.2) is 0 Å². The molecular weight excluding hydrogens is 232 g/mol. The first-order chi connectivity index (χ1) is 8.88. The second-order valence-electron chi connectivity index (χ2n) is 6.91. The van der Waals surface area contributed by atoms with Gasteiger partial charge in [-0.2, -0.15) is 0 Å². The van der Waals surface area contributed by atoms with E-state index >= 15 is 0 Å². The van der Waals surface area contributed by atoms with Gasteiger partial charge in [0.2, 0.25) is 0 Å². The van der Waals surface area contributed by atoms with E-state index < -0.39 is 0 Å². The van der Waals surface area contributed by atoms with E-state index in [1.54, 1.807) is 0 Å². The molecule has 0 aromatic heterocycles. The average Bonchev–Trinajstić information content (AvgIpc) is 2.36. The maximum atomic E-state index is 3.74. The van der Waals surface area contributed by atoms with Gasteiger partial charge in [0.25, 0.3) is 0 Å². The minimum atomic E-state index is 0.330. The zero-order chi connectivity index (χ0) is 14.9. The minimum absolute atomic E-state index is 0.330. The summed E-state index contributed by atoms with van der Waals surface area (Å²) in [7, 11) is 0. The number of hydrogen-bond acceptors (Lipinski definition) is 2. The maximum absolute atomic E-state index is 3.74. The number of rotatable bonds is 10. The normalized spacial score (nSPS) is 14.4. The fourth-order valence-corrected chi connectivity index (χ4v) is 2.47. The predicted octanol–water partition coefficient (Wildman–Crippen LogP) is 4.16. The summed E-state index contributed by atoms with van der Waals surface area (Å²) in [6, 6.07) is 0.585. The molecule has 19 heavy (non-hydrogen) atoms. The van der Waals surface area contributed by atoms with Crippen LogP contribution in [0.2, 0.25) is 0 Å². The van der Waals surface area contributed by atoms with Crippen molar-refractivity contribution in [2.45, 2.75) is 73.8 Å². The van der Waals surface area contributed by atoms with Gasteiger partial charge in [0, 0.05) is 19.1 Å². The predicted molar refractivity (Wildman–Crippen MR) is 87.7 cm³/mol. The monoisotopic (exact) mass is 270 g/mol. The Morgan fingerprint density at radius 1 is 0.947 bits per heavy atom. The topological polar surface area (TPSA) is 15.3 Å². The Morgan fingerprint density at radius 2 is 1.53 bits per heavy atom. The van der Waals surface area contributed by atoms with Crippen LogP contribution in [0.3, 0.4) is 0 Å². The molecule has 116 valence electrons. The lowest BCUT2D eigenvalue weighted by molar-refractivity contribution is 0.158. The van der Waals surface area contributed by atoms with Crippen molar-refractivity contribution in [1.82, 2.24) is 10.2 Å². The Labute approximate surface area is 122 Å². The van der Waals surface area contributed by atoms with Gasteiger partial charge >= 0.3 is 0 Å². The smallest absolute Gasteiger partial charge is 0.0243 e. The fraction of sp³-hybridized carbons (Fsp3) is 1.00. The zero-order valence-corrected chi connectivity index (χ0v) is 14.6. The van der Waals surface area contributed by atoms with Crippen molar-refractivity contribution in [2.75, 3.05) is 26.2 Å². The largest absolute Gasteiger partial charge is 0.312 e. The summed E-state index contributed by atoms with van der Waals surface area (Å²) in [6.45, 7) is 21.0. The summed E-state index contributed by atoms with van der Waals surface area (Å²) in [4.78, 5) is 2.64. The molecule has 0 fully saturated rings. The van der Waals surface area contributed by atoms with Crippen molar-refractivity contribution in [3.05, 3.63) is 0 Å². The van der Waals surface area contributed by atoms with Crippen LogP contribution < -0.4 is 5.32 Å². The molecule has 0 radical (unpaired) electrons. The third-order valence-electron chi connectivity index (χ3n) is 4.25. The summed E-state index contributed by atoms with van der Waals surface area (Å²) in [5.74, 6) is 0.853. The molecule has 1 N–H and O–H groups in total. The first kappa shape index (κ1) is 18.9. The van der Waals surface area contributed by atoms with Gasteiger partial charge < -0.3 is 10.2 Å². The van der Waals surface area contributed by atoms with Crippen LogP contribution in [0.4, 0.5) is 0 Å². The van der Waals surface area contributed by atoms with Crippen molar-refractivity contribution in [3.63, 3.8) is 0 Å². The molecule has 0 rings (SSSR count). The van der Waals surface area contributed by atoms with E-state index in [0.717, 1.165) is 19.0 Å². The van der Waals surface area contributed by atoms with Gasteiger partial charge in [0.05, 0.1) is 0 Å².